The number of ether oxygens (including phenoxy) is 1. The van der Waals surface area contributed by atoms with Crippen LogP contribution >= 0.6 is 0 Å². The van der Waals surface area contributed by atoms with Gasteiger partial charge in [-0.15, -0.1) is 10.2 Å². The molecule has 3 aromatic rings. The van der Waals surface area contributed by atoms with Crippen molar-refractivity contribution < 1.29 is 9.53 Å². The van der Waals surface area contributed by atoms with Gasteiger partial charge in [-0.3, -0.25) is 14.6 Å². The molecule has 1 amide bonds. The Labute approximate surface area is 174 Å². The minimum Gasteiger partial charge on any atom is -0.493 e. The predicted molar refractivity (Wildman–Crippen MR) is 113 cm³/mol. The molecule has 8 heteroatoms. The average Bonchev–Trinajstić information content (AvgIpc) is 2.76. The van der Waals surface area contributed by atoms with Crippen molar-refractivity contribution in [3.8, 4) is 17.1 Å². The molecular formula is C22H25N5O3. The smallest absolute Gasteiger partial charge is 0.273 e. The van der Waals surface area contributed by atoms with Crippen molar-refractivity contribution in [1.29, 1.82) is 0 Å². The van der Waals surface area contributed by atoms with E-state index in [4.69, 9.17) is 4.74 Å². The number of nitrogens with zero attached hydrogens (tertiary/aromatic N) is 3. The minimum atomic E-state index is -0.347. The molecule has 2 heterocycles. The predicted octanol–water partition coefficient (Wildman–Crippen LogP) is 2.51. The molecule has 0 spiro atoms. The first-order valence-electron chi connectivity index (χ1n) is 9.86. The molecule has 0 atom stereocenters. The minimum absolute atomic E-state index is 0.152. The second-order valence-electron chi connectivity index (χ2n) is 7.32. The molecule has 2 aromatic heterocycles. The molecule has 0 fully saturated rings. The van der Waals surface area contributed by atoms with Gasteiger partial charge in [0.05, 0.1) is 6.61 Å². The summed E-state index contributed by atoms with van der Waals surface area (Å²) in [6, 6.07) is 11.0. The normalized spacial score (nSPS) is 10.8. The van der Waals surface area contributed by atoms with Crippen LogP contribution in [0.15, 0.2) is 53.6 Å². The fourth-order valence-corrected chi connectivity index (χ4v) is 2.65. The summed E-state index contributed by atoms with van der Waals surface area (Å²) in [7, 11) is 0. The Bertz CT molecular complexity index is 1020. The zero-order valence-electron chi connectivity index (χ0n) is 17.1. The van der Waals surface area contributed by atoms with Gasteiger partial charge in [-0.1, -0.05) is 19.9 Å². The van der Waals surface area contributed by atoms with Gasteiger partial charge >= 0.3 is 0 Å². The van der Waals surface area contributed by atoms with Gasteiger partial charge in [-0.05, 0) is 41.8 Å². The molecule has 30 heavy (non-hydrogen) atoms. The third-order valence-corrected chi connectivity index (χ3v) is 4.28. The van der Waals surface area contributed by atoms with E-state index in [0.29, 0.717) is 24.9 Å². The van der Waals surface area contributed by atoms with E-state index in [1.807, 2.05) is 36.4 Å². The van der Waals surface area contributed by atoms with Crippen LogP contribution in [0.2, 0.25) is 0 Å². The topological polar surface area (TPSA) is 110 Å². The molecule has 0 aliphatic rings. The van der Waals surface area contributed by atoms with Crippen molar-refractivity contribution in [3.05, 3.63) is 70.4 Å². The number of benzene rings is 1. The summed E-state index contributed by atoms with van der Waals surface area (Å²) in [5.41, 5.74) is 1.53. The highest BCUT2D eigenvalue weighted by molar-refractivity contribution is 5.76. The van der Waals surface area contributed by atoms with Gasteiger partial charge in [0.25, 0.3) is 5.56 Å². The molecule has 0 aliphatic carbocycles. The third-order valence-electron chi connectivity index (χ3n) is 4.28. The first kappa shape index (κ1) is 21.2. The number of pyridine rings is 1. The highest BCUT2D eigenvalue weighted by Gasteiger charge is 2.10. The van der Waals surface area contributed by atoms with Crippen LogP contribution < -0.4 is 15.6 Å². The molecule has 156 valence electrons. The molecule has 1 aromatic carbocycles. The van der Waals surface area contributed by atoms with Crippen LogP contribution in [0.1, 0.15) is 31.5 Å². The number of hydrogen-bond donors (Lipinski definition) is 2. The van der Waals surface area contributed by atoms with Crippen molar-refractivity contribution >= 4 is 5.91 Å². The van der Waals surface area contributed by atoms with E-state index in [1.54, 1.807) is 12.4 Å². The molecular weight excluding hydrogens is 382 g/mol. The van der Waals surface area contributed by atoms with Crippen LogP contribution in [0.25, 0.3) is 11.4 Å². The lowest BCUT2D eigenvalue weighted by Gasteiger charge is -2.09. The number of aromatic amines is 1. The maximum Gasteiger partial charge on any atom is 0.273 e. The molecule has 0 saturated heterocycles. The Morgan fingerprint density at radius 2 is 1.97 bits per heavy atom. The Balaban J connectivity index is 1.54. The summed E-state index contributed by atoms with van der Waals surface area (Å²) < 4.78 is 5.65. The number of amides is 1. The standard InChI is InChI=1S/C22H25N5O3/c1-15(2)14-30-18-7-5-17(6-8-18)21-25-22(29)19(26-27-21)9-10-20(28)24-13-16-4-3-11-23-12-16/h3-8,11-12,15H,9-10,13-14H2,1-2H3,(H,24,28)(H,25,27,29). The van der Waals surface area contributed by atoms with Crippen LogP contribution in [0.3, 0.4) is 0 Å². The second-order valence-corrected chi connectivity index (χ2v) is 7.32. The summed E-state index contributed by atoms with van der Waals surface area (Å²) in [5.74, 6) is 1.41. The van der Waals surface area contributed by atoms with Gasteiger partial charge in [0.1, 0.15) is 11.4 Å². The number of carbonyl (C=O) groups is 1. The van der Waals surface area contributed by atoms with Gasteiger partial charge in [0, 0.05) is 37.3 Å². The van der Waals surface area contributed by atoms with Gasteiger partial charge in [0.15, 0.2) is 5.82 Å². The summed E-state index contributed by atoms with van der Waals surface area (Å²) in [4.78, 5) is 31.1. The number of nitrogens with one attached hydrogen (secondary N) is 2. The van der Waals surface area contributed by atoms with Crippen molar-refractivity contribution in [2.24, 2.45) is 5.92 Å². The summed E-state index contributed by atoms with van der Waals surface area (Å²) >= 11 is 0. The van der Waals surface area contributed by atoms with Gasteiger partial charge < -0.3 is 15.0 Å². The quantitative estimate of drug-likeness (QED) is 0.564. The zero-order valence-corrected chi connectivity index (χ0v) is 17.1. The maximum absolute atomic E-state index is 12.3. The van der Waals surface area contributed by atoms with Crippen molar-refractivity contribution in [1.82, 2.24) is 25.5 Å². The fraction of sp³-hybridized carbons (Fsp3) is 0.318. The van der Waals surface area contributed by atoms with Crippen LogP contribution in [0.5, 0.6) is 5.75 Å². The van der Waals surface area contributed by atoms with E-state index in [-0.39, 0.29) is 30.0 Å². The molecule has 0 unspecified atom stereocenters. The lowest BCUT2D eigenvalue weighted by molar-refractivity contribution is -0.121. The van der Waals surface area contributed by atoms with Crippen LogP contribution in [0, 0.1) is 5.92 Å². The summed E-state index contributed by atoms with van der Waals surface area (Å²) in [6.45, 7) is 5.20. The Morgan fingerprint density at radius 1 is 1.17 bits per heavy atom. The third kappa shape index (κ3) is 6.23. The van der Waals surface area contributed by atoms with E-state index in [2.05, 4.69) is 39.3 Å². The zero-order chi connectivity index (χ0) is 21.3. The maximum atomic E-state index is 12.3. The van der Waals surface area contributed by atoms with Crippen molar-refractivity contribution in [2.45, 2.75) is 33.2 Å². The van der Waals surface area contributed by atoms with Crippen LogP contribution in [-0.4, -0.2) is 32.7 Å². The van der Waals surface area contributed by atoms with Gasteiger partial charge in [-0.2, -0.15) is 0 Å². The number of aryl methyl sites for hydroxylation is 1. The lowest BCUT2D eigenvalue weighted by atomic mass is 10.2. The summed E-state index contributed by atoms with van der Waals surface area (Å²) in [6.07, 6.45) is 3.73. The first-order valence-corrected chi connectivity index (χ1v) is 9.86. The highest BCUT2D eigenvalue weighted by Crippen LogP contribution is 2.18. The average molecular weight is 407 g/mol. The first-order chi connectivity index (χ1) is 14.5. The monoisotopic (exact) mass is 407 g/mol. The lowest BCUT2D eigenvalue weighted by Crippen LogP contribution is -2.25. The number of hydrogen-bond acceptors (Lipinski definition) is 6. The molecule has 0 aliphatic heterocycles. The van der Waals surface area contributed by atoms with Crippen LogP contribution in [0.4, 0.5) is 0 Å². The number of carbonyl (C=O) groups excluding carboxylic acids is 1. The van der Waals surface area contributed by atoms with E-state index in [9.17, 15) is 9.59 Å². The van der Waals surface area contributed by atoms with Gasteiger partial charge in [-0.25, -0.2) is 0 Å². The van der Waals surface area contributed by atoms with Crippen molar-refractivity contribution in [3.63, 3.8) is 0 Å². The Morgan fingerprint density at radius 3 is 2.63 bits per heavy atom. The number of H-pyrrole nitrogens is 1. The fourth-order valence-electron chi connectivity index (χ4n) is 2.65. The molecule has 3 rings (SSSR count). The van der Waals surface area contributed by atoms with E-state index < -0.39 is 0 Å². The largest absolute Gasteiger partial charge is 0.493 e. The Kier molecular flexibility index (Phi) is 7.26. The molecule has 0 radical (unpaired) electrons. The van der Waals surface area contributed by atoms with Crippen LogP contribution in [-0.2, 0) is 17.8 Å². The molecule has 8 nitrogen and oxygen atoms in total. The summed E-state index contributed by atoms with van der Waals surface area (Å²) in [5, 5.41) is 10.9. The SMILES string of the molecule is CC(C)COc1ccc(-c2nnc(CCC(=O)NCc3cccnc3)c(=O)[nH]2)cc1. The molecule has 0 saturated carbocycles. The molecule has 0 bridgehead atoms. The number of rotatable bonds is 9. The van der Waals surface area contributed by atoms with E-state index in [1.165, 1.54) is 0 Å². The van der Waals surface area contributed by atoms with Crippen molar-refractivity contribution in [2.75, 3.05) is 6.61 Å². The second kappa shape index (κ2) is 10.3. The number of aromatic nitrogens is 4. The Hall–Kier alpha value is -3.55. The molecule has 2 N–H and O–H groups in total. The van der Waals surface area contributed by atoms with Gasteiger partial charge in [0.2, 0.25) is 5.91 Å². The van der Waals surface area contributed by atoms with E-state index in [0.717, 1.165) is 16.9 Å². The highest BCUT2D eigenvalue weighted by atomic mass is 16.5. The van der Waals surface area contributed by atoms with E-state index >= 15 is 0 Å².